The molecule has 0 saturated carbocycles. The van der Waals surface area contributed by atoms with Crippen LogP contribution in [0, 0.1) is 6.92 Å². The van der Waals surface area contributed by atoms with Crippen LogP contribution >= 0.6 is 0 Å². The molecular formula is C12H17N3O2. The van der Waals surface area contributed by atoms with Gasteiger partial charge in [-0.05, 0) is 25.5 Å². The van der Waals surface area contributed by atoms with Gasteiger partial charge >= 0.3 is 0 Å². The molecule has 0 atom stereocenters. The summed E-state index contributed by atoms with van der Waals surface area (Å²) in [4.78, 5) is 15.6. The van der Waals surface area contributed by atoms with Crippen LogP contribution in [0.3, 0.4) is 0 Å². The number of amides is 1. The third-order valence-corrected chi connectivity index (χ3v) is 2.86. The normalized spacial score (nSPS) is 17.3. The van der Waals surface area contributed by atoms with Crippen molar-refractivity contribution >= 4 is 11.6 Å². The Labute approximate surface area is 101 Å². The fraction of sp³-hybridized carbons (Fsp3) is 0.500. The summed E-state index contributed by atoms with van der Waals surface area (Å²) in [6.45, 7) is 5.59. The van der Waals surface area contributed by atoms with E-state index in [2.05, 4.69) is 15.6 Å². The third-order valence-electron chi connectivity index (χ3n) is 2.86. The number of carbonyl (C=O) groups is 1. The monoisotopic (exact) mass is 235 g/mol. The Morgan fingerprint density at radius 2 is 2.41 bits per heavy atom. The number of ether oxygens (including phenoxy) is 1. The zero-order valence-electron chi connectivity index (χ0n) is 10.1. The minimum atomic E-state index is -0.193. The molecule has 2 N–H and O–H groups in total. The van der Waals surface area contributed by atoms with E-state index in [1.54, 1.807) is 12.4 Å². The van der Waals surface area contributed by atoms with E-state index in [0.717, 1.165) is 24.3 Å². The standard InChI is InChI=1S/C12H17N3O2/c1-9-3-4-13-5-10(9)15-11(16)6-17-12(2)7-14-8-12/h3-5,14H,6-8H2,1-2H3,(H,15,16). The number of nitrogens with one attached hydrogen (secondary N) is 2. The lowest BCUT2D eigenvalue weighted by Gasteiger charge is -2.38. The zero-order valence-corrected chi connectivity index (χ0v) is 10.1. The van der Waals surface area contributed by atoms with Gasteiger partial charge in [-0.3, -0.25) is 9.78 Å². The molecule has 17 heavy (non-hydrogen) atoms. The molecule has 1 amide bonds. The predicted octanol–water partition coefficient (Wildman–Crippen LogP) is 0.707. The van der Waals surface area contributed by atoms with Crippen molar-refractivity contribution in [3.05, 3.63) is 24.0 Å². The highest BCUT2D eigenvalue weighted by molar-refractivity contribution is 5.92. The van der Waals surface area contributed by atoms with Gasteiger partial charge in [-0.1, -0.05) is 0 Å². The Morgan fingerprint density at radius 3 is 3.00 bits per heavy atom. The van der Waals surface area contributed by atoms with Crippen LogP contribution in [0.5, 0.6) is 0 Å². The quantitative estimate of drug-likeness (QED) is 0.806. The Balaban J connectivity index is 1.83. The zero-order chi connectivity index (χ0) is 12.3. The number of pyridine rings is 1. The van der Waals surface area contributed by atoms with Crippen LogP contribution in [0.25, 0.3) is 0 Å². The fourth-order valence-corrected chi connectivity index (χ4v) is 1.60. The van der Waals surface area contributed by atoms with Crippen molar-refractivity contribution in [1.29, 1.82) is 0 Å². The molecule has 1 aromatic heterocycles. The number of hydrogen-bond acceptors (Lipinski definition) is 4. The van der Waals surface area contributed by atoms with Crippen molar-refractivity contribution in [3.63, 3.8) is 0 Å². The predicted molar refractivity (Wildman–Crippen MR) is 64.8 cm³/mol. The Kier molecular flexibility index (Phi) is 3.40. The van der Waals surface area contributed by atoms with Gasteiger partial charge in [0.25, 0.3) is 0 Å². The molecule has 1 aromatic rings. The average Bonchev–Trinajstić information content (AvgIpc) is 2.27. The molecule has 2 heterocycles. The topological polar surface area (TPSA) is 63.2 Å². The van der Waals surface area contributed by atoms with Crippen molar-refractivity contribution in [2.75, 3.05) is 25.0 Å². The maximum Gasteiger partial charge on any atom is 0.250 e. The van der Waals surface area contributed by atoms with E-state index in [4.69, 9.17) is 4.74 Å². The summed E-state index contributed by atoms with van der Waals surface area (Å²) in [7, 11) is 0. The highest BCUT2D eigenvalue weighted by atomic mass is 16.5. The number of hydrogen-bond donors (Lipinski definition) is 2. The van der Waals surface area contributed by atoms with Gasteiger partial charge in [0.1, 0.15) is 6.61 Å². The number of carbonyl (C=O) groups excluding carboxylic acids is 1. The van der Waals surface area contributed by atoms with E-state index in [9.17, 15) is 4.79 Å². The van der Waals surface area contributed by atoms with E-state index in [-0.39, 0.29) is 18.1 Å². The van der Waals surface area contributed by atoms with Crippen molar-refractivity contribution in [2.45, 2.75) is 19.4 Å². The maximum absolute atomic E-state index is 11.7. The second-order valence-electron chi connectivity index (χ2n) is 4.58. The Bertz CT molecular complexity index is 416. The van der Waals surface area contributed by atoms with Crippen LogP contribution < -0.4 is 10.6 Å². The first-order chi connectivity index (χ1) is 8.09. The lowest BCUT2D eigenvalue weighted by atomic mass is 10.0. The molecule has 1 aliphatic heterocycles. The van der Waals surface area contributed by atoms with Crippen LogP contribution in [0.4, 0.5) is 5.69 Å². The van der Waals surface area contributed by atoms with E-state index >= 15 is 0 Å². The van der Waals surface area contributed by atoms with Crippen molar-refractivity contribution in [3.8, 4) is 0 Å². The van der Waals surface area contributed by atoms with Gasteiger partial charge in [-0.25, -0.2) is 0 Å². The molecule has 0 unspecified atom stereocenters. The van der Waals surface area contributed by atoms with Gasteiger partial charge in [0.05, 0.1) is 17.5 Å². The molecule has 0 bridgehead atoms. The molecule has 1 aliphatic rings. The van der Waals surface area contributed by atoms with Crippen LogP contribution in [-0.4, -0.2) is 36.2 Å². The van der Waals surface area contributed by atoms with Crippen molar-refractivity contribution in [2.24, 2.45) is 0 Å². The van der Waals surface area contributed by atoms with E-state index < -0.39 is 0 Å². The molecule has 5 heteroatoms. The van der Waals surface area contributed by atoms with E-state index in [1.165, 1.54) is 0 Å². The highest BCUT2D eigenvalue weighted by Crippen LogP contribution is 2.15. The Morgan fingerprint density at radius 1 is 1.65 bits per heavy atom. The maximum atomic E-state index is 11.7. The van der Waals surface area contributed by atoms with Gasteiger partial charge in [0, 0.05) is 19.3 Å². The van der Waals surface area contributed by atoms with Crippen LogP contribution in [0.15, 0.2) is 18.5 Å². The molecule has 1 saturated heterocycles. The summed E-state index contributed by atoms with van der Waals surface area (Å²) in [6.07, 6.45) is 3.34. The van der Waals surface area contributed by atoms with Gasteiger partial charge in [-0.2, -0.15) is 0 Å². The lowest BCUT2D eigenvalue weighted by Crippen LogP contribution is -2.59. The Hall–Kier alpha value is -1.46. The summed E-state index contributed by atoms with van der Waals surface area (Å²) in [5.74, 6) is -0.144. The summed E-state index contributed by atoms with van der Waals surface area (Å²) in [5.41, 5.74) is 1.53. The molecule has 0 spiro atoms. The molecule has 1 fully saturated rings. The largest absolute Gasteiger partial charge is 0.363 e. The van der Waals surface area contributed by atoms with Crippen molar-refractivity contribution < 1.29 is 9.53 Å². The first kappa shape index (κ1) is 12.0. The van der Waals surface area contributed by atoms with Gasteiger partial charge in [0.2, 0.25) is 5.91 Å². The van der Waals surface area contributed by atoms with E-state index in [0.29, 0.717) is 0 Å². The summed E-state index contributed by atoms with van der Waals surface area (Å²) in [5, 5.41) is 5.90. The van der Waals surface area contributed by atoms with Gasteiger partial charge in [0.15, 0.2) is 0 Å². The van der Waals surface area contributed by atoms with Crippen LogP contribution in [0.2, 0.25) is 0 Å². The second-order valence-corrected chi connectivity index (χ2v) is 4.58. The first-order valence-electron chi connectivity index (χ1n) is 5.64. The number of anilines is 1. The number of aromatic nitrogens is 1. The van der Waals surface area contributed by atoms with Crippen molar-refractivity contribution in [1.82, 2.24) is 10.3 Å². The molecular weight excluding hydrogens is 218 g/mol. The first-order valence-corrected chi connectivity index (χ1v) is 5.64. The third kappa shape index (κ3) is 3.01. The summed E-state index contributed by atoms with van der Waals surface area (Å²) >= 11 is 0. The summed E-state index contributed by atoms with van der Waals surface area (Å²) in [6, 6.07) is 1.85. The SMILES string of the molecule is Cc1ccncc1NC(=O)COC1(C)CNC1. The molecule has 92 valence electrons. The molecule has 0 radical (unpaired) electrons. The summed E-state index contributed by atoms with van der Waals surface area (Å²) < 4.78 is 5.54. The molecule has 5 nitrogen and oxygen atoms in total. The molecule has 0 aromatic carbocycles. The van der Waals surface area contributed by atoms with Crippen LogP contribution in [0.1, 0.15) is 12.5 Å². The molecule has 2 rings (SSSR count). The highest BCUT2D eigenvalue weighted by Gasteiger charge is 2.32. The van der Waals surface area contributed by atoms with Gasteiger partial charge < -0.3 is 15.4 Å². The minimum absolute atomic E-state index is 0.0759. The van der Waals surface area contributed by atoms with E-state index in [1.807, 2.05) is 19.9 Å². The smallest absolute Gasteiger partial charge is 0.250 e. The number of nitrogens with zero attached hydrogens (tertiary/aromatic N) is 1. The van der Waals surface area contributed by atoms with Gasteiger partial charge in [-0.15, -0.1) is 0 Å². The number of aryl methyl sites for hydroxylation is 1. The number of rotatable bonds is 4. The molecule has 0 aliphatic carbocycles. The van der Waals surface area contributed by atoms with Crippen LogP contribution in [-0.2, 0) is 9.53 Å². The lowest BCUT2D eigenvalue weighted by molar-refractivity contribution is -0.130. The minimum Gasteiger partial charge on any atom is -0.363 e. The fourth-order valence-electron chi connectivity index (χ4n) is 1.60. The average molecular weight is 235 g/mol. The second kappa shape index (κ2) is 4.81.